The van der Waals surface area contributed by atoms with Crippen molar-refractivity contribution in [3.05, 3.63) is 34.5 Å². The molecule has 3 rings (SSSR count). The lowest BCUT2D eigenvalue weighted by Crippen LogP contribution is -2.29. The van der Waals surface area contributed by atoms with Crippen LogP contribution in [-0.2, 0) is 10.0 Å². The van der Waals surface area contributed by atoms with Crippen molar-refractivity contribution in [2.45, 2.75) is 43.7 Å². The largest absolute Gasteiger partial charge is 0.394 e. The van der Waals surface area contributed by atoms with E-state index in [2.05, 4.69) is 15.0 Å². The number of alkyl halides is 3. The third-order valence-corrected chi connectivity index (χ3v) is 7.74. The number of hydrogen-bond acceptors (Lipinski definition) is 5. The number of nitrogens with one attached hydrogen (secondary N) is 2. The number of sulfonamides is 1. The Hall–Kier alpha value is -1.59. The second-order valence-corrected chi connectivity index (χ2v) is 10.3. The molecule has 1 aromatic heterocycles. The Bertz CT molecular complexity index is 994. The summed E-state index contributed by atoms with van der Waals surface area (Å²) in [5.74, 6) is -1.32. The predicted molar refractivity (Wildman–Crippen MR) is 109 cm³/mol. The van der Waals surface area contributed by atoms with Crippen LogP contribution in [0.5, 0.6) is 0 Å². The highest BCUT2D eigenvalue weighted by Crippen LogP contribution is 2.61. The van der Waals surface area contributed by atoms with Crippen molar-refractivity contribution in [3.8, 4) is 0 Å². The molecule has 1 heterocycles. The Morgan fingerprint density at radius 2 is 2.03 bits per heavy atom. The number of thiazole rings is 1. The fourth-order valence-corrected chi connectivity index (χ4v) is 5.41. The Kier molecular flexibility index (Phi) is 6.54. The summed E-state index contributed by atoms with van der Waals surface area (Å²) < 4.78 is 81.1. The number of benzene rings is 1. The maximum absolute atomic E-state index is 14.5. The number of hydrogen-bond donors (Lipinski definition) is 2. The maximum Gasteiger partial charge on any atom is 0.394 e. The van der Waals surface area contributed by atoms with Crippen LogP contribution < -0.4 is 10.0 Å². The lowest BCUT2D eigenvalue weighted by Gasteiger charge is -2.25. The Morgan fingerprint density at radius 1 is 1.33 bits per heavy atom. The van der Waals surface area contributed by atoms with Gasteiger partial charge < -0.3 is 5.32 Å². The summed E-state index contributed by atoms with van der Waals surface area (Å²) in [5.41, 5.74) is -1.50. The van der Waals surface area contributed by atoms with Gasteiger partial charge in [0.15, 0.2) is 5.13 Å². The molecule has 0 amide bonds. The number of halogens is 5. The van der Waals surface area contributed by atoms with Crippen molar-refractivity contribution >= 4 is 43.8 Å². The van der Waals surface area contributed by atoms with E-state index in [1.54, 1.807) is 12.3 Å². The highest BCUT2D eigenvalue weighted by molar-refractivity contribution is 7.93. The lowest BCUT2D eigenvalue weighted by atomic mass is 9.89. The molecule has 2 aromatic rings. The standard InChI is InChI=1S/C18H20ClF4N3O2S2/c1-2-11(9-17(3-4-17)18(21,22)23)10-25-14-8-13(20)15(7-12(14)19)30(27,28)26-16-24-5-6-29-16/h5-8,11,25H,2-4,9-10H2,1H3,(H,24,26)/t11-/m0/s1. The third-order valence-electron chi connectivity index (χ3n) is 5.26. The van der Waals surface area contributed by atoms with Crippen LogP contribution in [0.2, 0.25) is 5.02 Å². The van der Waals surface area contributed by atoms with Crippen LogP contribution in [-0.4, -0.2) is 26.1 Å². The molecule has 12 heteroatoms. The lowest BCUT2D eigenvalue weighted by molar-refractivity contribution is -0.191. The first-order valence-electron chi connectivity index (χ1n) is 9.19. The quantitative estimate of drug-likeness (QED) is 0.433. The zero-order valence-electron chi connectivity index (χ0n) is 15.9. The molecule has 0 unspecified atom stereocenters. The van der Waals surface area contributed by atoms with Crippen molar-refractivity contribution < 1.29 is 26.0 Å². The summed E-state index contributed by atoms with van der Waals surface area (Å²) in [7, 11) is -4.24. The van der Waals surface area contributed by atoms with Crippen molar-refractivity contribution in [1.29, 1.82) is 0 Å². The van der Waals surface area contributed by atoms with E-state index >= 15 is 0 Å². The maximum atomic E-state index is 14.5. The van der Waals surface area contributed by atoms with Gasteiger partial charge in [0.2, 0.25) is 0 Å². The highest BCUT2D eigenvalue weighted by atomic mass is 35.5. The fraction of sp³-hybridized carbons (Fsp3) is 0.500. The van der Waals surface area contributed by atoms with Gasteiger partial charge in [-0.15, -0.1) is 11.3 Å². The zero-order chi connectivity index (χ0) is 22.2. The van der Waals surface area contributed by atoms with Crippen molar-refractivity contribution in [2.24, 2.45) is 11.3 Å². The molecular weight excluding hydrogens is 466 g/mol. The normalized spacial score (nSPS) is 16.9. The van der Waals surface area contributed by atoms with Crippen molar-refractivity contribution in [1.82, 2.24) is 4.98 Å². The van der Waals surface area contributed by atoms with Gasteiger partial charge in [-0.05, 0) is 37.3 Å². The van der Waals surface area contributed by atoms with E-state index in [9.17, 15) is 26.0 Å². The molecule has 5 nitrogen and oxygen atoms in total. The molecule has 1 aromatic carbocycles. The van der Waals surface area contributed by atoms with Gasteiger partial charge in [-0.1, -0.05) is 24.9 Å². The summed E-state index contributed by atoms with van der Waals surface area (Å²) in [6.45, 7) is 1.96. The van der Waals surface area contributed by atoms with Gasteiger partial charge in [-0.2, -0.15) is 13.2 Å². The van der Waals surface area contributed by atoms with E-state index < -0.39 is 32.3 Å². The van der Waals surface area contributed by atoms with Crippen LogP contribution in [0, 0.1) is 17.2 Å². The summed E-state index contributed by atoms with van der Waals surface area (Å²) in [5, 5.41) is 4.45. The minimum absolute atomic E-state index is 0.00963. The minimum Gasteiger partial charge on any atom is -0.383 e. The molecule has 0 bridgehead atoms. The van der Waals surface area contributed by atoms with E-state index in [1.165, 1.54) is 6.20 Å². The average molecular weight is 486 g/mol. The molecule has 1 saturated carbocycles. The summed E-state index contributed by atoms with van der Waals surface area (Å²) in [6, 6.07) is 1.90. The topological polar surface area (TPSA) is 71.1 Å². The van der Waals surface area contributed by atoms with Crippen molar-refractivity contribution in [2.75, 3.05) is 16.6 Å². The summed E-state index contributed by atoms with van der Waals surface area (Å²) >= 11 is 7.15. The first-order valence-corrected chi connectivity index (χ1v) is 11.9. The van der Waals surface area contributed by atoms with E-state index in [0.29, 0.717) is 6.42 Å². The molecule has 1 atom stereocenters. The van der Waals surface area contributed by atoms with Crippen LogP contribution in [0.1, 0.15) is 32.6 Å². The summed E-state index contributed by atoms with van der Waals surface area (Å²) in [6.07, 6.45) is -2.08. The number of rotatable bonds is 9. The molecule has 30 heavy (non-hydrogen) atoms. The Balaban J connectivity index is 1.71. The van der Waals surface area contributed by atoms with Gasteiger partial charge >= 0.3 is 6.18 Å². The number of anilines is 2. The van der Waals surface area contributed by atoms with Gasteiger partial charge in [0.25, 0.3) is 10.0 Å². The van der Waals surface area contributed by atoms with Gasteiger partial charge in [-0.25, -0.2) is 17.8 Å². The summed E-state index contributed by atoms with van der Waals surface area (Å²) in [4.78, 5) is 3.14. The molecule has 0 radical (unpaired) electrons. The minimum atomic E-state index is -4.24. The van der Waals surface area contributed by atoms with Gasteiger partial charge in [-0.3, -0.25) is 4.72 Å². The first-order chi connectivity index (χ1) is 14.0. The molecule has 0 saturated heterocycles. The molecule has 1 aliphatic rings. The van der Waals surface area contributed by atoms with Crippen LogP contribution >= 0.6 is 22.9 Å². The highest BCUT2D eigenvalue weighted by Gasteiger charge is 2.63. The molecule has 2 N–H and O–H groups in total. The Morgan fingerprint density at radius 3 is 2.57 bits per heavy atom. The zero-order valence-corrected chi connectivity index (χ0v) is 18.3. The molecule has 1 fully saturated rings. The van der Waals surface area contributed by atoms with E-state index in [0.717, 1.165) is 23.5 Å². The molecular formula is C18H20ClF4N3O2S2. The second kappa shape index (κ2) is 8.51. The second-order valence-electron chi connectivity index (χ2n) is 7.34. The van der Waals surface area contributed by atoms with Crippen LogP contribution in [0.3, 0.4) is 0 Å². The van der Waals surface area contributed by atoms with Gasteiger partial charge in [0.05, 0.1) is 16.1 Å². The number of nitrogens with zero attached hydrogens (tertiary/aromatic N) is 1. The number of aromatic nitrogens is 1. The van der Waals surface area contributed by atoms with E-state index in [1.807, 2.05) is 0 Å². The van der Waals surface area contributed by atoms with Gasteiger partial charge in [0.1, 0.15) is 10.7 Å². The average Bonchev–Trinajstić information content (AvgIpc) is 3.29. The van der Waals surface area contributed by atoms with E-state index in [-0.39, 0.29) is 47.6 Å². The van der Waals surface area contributed by atoms with Crippen LogP contribution in [0.4, 0.5) is 28.4 Å². The monoisotopic (exact) mass is 485 g/mol. The van der Waals surface area contributed by atoms with Crippen molar-refractivity contribution in [3.63, 3.8) is 0 Å². The van der Waals surface area contributed by atoms with Crippen LogP contribution in [0.25, 0.3) is 0 Å². The SMILES string of the molecule is CC[C@H](CNc1cc(F)c(S(=O)(=O)Nc2nccs2)cc1Cl)CC1(C(F)(F)F)CC1. The van der Waals surface area contributed by atoms with Gasteiger partial charge in [0, 0.05) is 18.1 Å². The van der Waals surface area contributed by atoms with Crippen LogP contribution in [0.15, 0.2) is 28.6 Å². The molecule has 166 valence electrons. The molecule has 0 spiro atoms. The Labute approximate surface area is 180 Å². The first kappa shape index (κ1) is 23.1. The van der Waals surface area contributed by atoms with E-state index in [4.69, 9.17) is 11.6 Å². The third kappa shape index (κ3) is 5.00. The molecule has 1 aliphatic carbocycles. The fourth-order valence-electron chi connectivity index (χ4n) is 3.24. The predicted octanol–water partition coefficient (Wildman–Crippen LogP) is 5.91. The molecule has 0 aliphatic heterocycles. The smallest absolute Gasteiger partial charge is 0.383 e.